The number of hydrogen-bond acceptors (Lipinski definition) is 4. The van der Waals surface area contributed by atoms with Crippen molar-refractivity contribution in [1.82, 2.24) is 10.6 Å². The van der Waals surface area contributed by atoms with Crippen molar-refractivity contribution in [2.75, 3.05) is 13.1 Å². The van der Waals surface area contributed by atoms with Crippen molar-refractivity contribution < 1.29 is 29.4 Å². The zero-order valence-electron chi connectivity index (χ0n) is 21.5. The van der Waals surface area contributed by atoms with Gasteiger partial charge in [-0.1, -0.05) is 66.2 Å². The van der Waals surface area contributed by atoms with E-state index in [0.29, 0.717) is 24.9 Å². The highest BCUT2D eigenvalue weighted by Gasteiger charge is 2.48. The highest BCUT2D eigenvalue weighted by atomic mass is 16.4. The zero-order valence-corrected chi connectivity index (χ0v) is 21.5. The van der Waals surface area contributed by atoms with E-state index in [2.05, 4.69) is 38.3 Å². The average molecular weight is 483 g/mol. The standard InChI is InChI=1S/C26H46N2O6/c1-5-9-11-17(7-3)15-27-23(29)19-13-21(25(31)32)22(26(33)34)14-20(19)24(30)28-16-18(8-4)12-10-6-2/h17-22H,5-16H2,1-4H3,(H,27,29)(H,28,30)(H,31,32)(H,33,34). The summed E-state index contributed by atoms with van der Waals surface area (Å²) in [5.74, 6) is -6.58. The lowest BCUT2D eigenvalue weighted by Crippen LogP contribution is -2.51. The highest BCUT2D eigenvalue weighted by molar-refractivity contribution is 5.90. The van der Waals surface area contributed by atoms with Crippen LogP contribution in [0.3, 0.4) is 0 Å². The second-order valence-corrected chi connectivity index (χ2v) is 9.90. The predicted molar refractivity (Wildman–Crippen MR) is 131 cm³/mol. The first-order valence-electron chi connectivity index (χ1n) is 13.2. The summed E-state index contributed by atoms with van der Waals surface area (Å²) >= 11 is 0. The fraction of sp³-hybridized carbons (Fsp3) is 0.846. The van der Waals surface area contributed by atoms with Gasteiger partial charge in [0.25, 0.3) is 0 Å². The molecule has 1 aliphatic rings. The van der Waals surface area contributed by atoms with Gasteiger partial charge in [0.05, 0.1) is 23.7 Å². The molecule has 6 atom stereocenters. The number of hydrogen-bond donors (Lipinski definition) is 4. The van der Waals surface area contributed by atoms with E-state index in [4.69, 9.17) is 0 Å². The highest BCUT2D eigenvalue weighted by Crippen LogP contribution is 2.39. The number of carbonyl (C=O) groups excluding carboxylic acids is 2. The normalized spacial score (nSPS) is 24.1. The summed E-state index contributed by atoms with van der Waals surface area (Å²) in [6.45, 7) is 9.35. The van der Waals surface area contributed by atoms with Gasteiger partial charge in [-0.3, -0.25) is 19.2 Å². The summed E-state index contributed by atoms with van der Waals surface area (Å²) in [5.41, 5.74) is 0. The maximum Gasteiger partial charge on any atom is 0.307 e. The first-order valence-corrected chi connectivity index (χ1v) is 13.2. The van der Waals surface area contributed by atoms with E-state index in [1.807, 2.05) is 0 Å². The van der Waals surface area contributed by atoms with Gasteiger partial charge in [0.2, 0.25) is 11.8 Å². The molecule has 0 heterocycles. The molecule has 0 spiro atoms. The molecule has 4 N–H and O–H groups in total. The fourth-order valence-electron chi connectivity index (χ4n) is 4.97. The summed E-state index contributed by atoms with van der Waals surface area (Å²) in [6, 6.07) is 0. The lowest BCUT2D eigenvalue weighted by Gasteiger charge is -2.37. The maximum absolute atomic E-state index is 13.2. The molecular weight excluding hydrogens is 436 g/mol. The maximum atomic E-state index is 13.2. The van der Waals surface area contributed by atoms with Crippen LogP contribution < -0.4 is 10.6 Å². The third-order valence-corrected chi connectivity index (χ3v) is 7.51. The molecular formula is C26H46N2O6. The summed E-state index contributed by atoms with van der Waals surface area (Å²) < 4.78 is 0. The van der Waals surface area contributed by atoms with Crippen molar-refractivity contribution >= 4 is 23.8 Å². The monoisotopic (exact) mass is 482 g/mol. The van der Waals surface area contributed by atoms with Crippen molar-refractivity contribution in [3.8, 4) is 0 Å². The molecule has 1 rings (SSSR count). The van der Waals surface area contributed by atoms with Crippen LogP contribution in [0.1, 0.15) is 91.9 Å². The minimum atomic E-state index is -1.23. The van der Waals surface area contributed by atoms with Crippen LogP contribution in [0.4, 0.5) is 0 Å². The molecule has 0 aromatic carbocycles. The smallest absolute Gasteiger partial charge is 0.307 e. The van der Waals surface area contributed by atoms with Gasteiger partial charge in [-0.25, -0.2) is 0 Å². The van der Waals surface area contributed by atoms with Crippen molar-refractivity contribution in [3.63, 3.8) is 0 Å². The molecule has 8 heteroatoms. The Bertz CT molecular complexity index is 612. The Kier molecular flexibility index (Phi) is 13.8. The molecule has 1 saturated carbocycles. The van der Waals surface area contributed by atoms with E-state index in [9.17, 15) is 29.4 Å². The number of aliphatic carboxylic acids is 2. The SMILES string of the molecule is CCCCC(CC)CNC(=O)C1CC(C(=O)O)C(C(=O)O)CC1C(=O)NCC(CC)CCCC. The minimum absolute atomic E-state index is 0.144. The number of amides is 2. The van der Waals surface area contributed by atoms with Crippen LogP contribution in [0.5, 0.6) is 0 Å². The van der Waals surface area contributed by atoms with Crippen molar-refractivity contribution in [1.29, 1.82) is 0 Å². The molecule has 0 bridgehead atoms. The molecule has 1 aliphatic carbocycles. The van der Waals surface area contributed by atoms with E-state index in [-0.39, 0.29) is 24.7 Å². The minimum Gasteiger partial charge on any atom is -0.481 e. The quantitative estimate of drug-likeness (QED) is 0.262. The van der Waals surface area contributed by atoms with E-state index in [1.165, 1.54) is 0 Å². The van der Waals surface area contributed by atoms with Gasteiger partial charge in [-0.15, -0.1) is 0 Å². The van der Waals surface area contributed by atoms with Crippen LogP contribution in [0.15, 0.2) is 0 Å². The molecule has 1 fully saturated rings. The van der Waals surface area contributed by atoms with E-state index in [1.54, 1.807) is 0 Å². The fourth-order valence-corrected chi connectivity index (χ4v) is 4.97. The van der Waals surface area contributed by atoms with Crippen molar-refractivity contribution in [3.05, 3.63) is 0 Å². The Labute approximate surface area is 204 Å². The van der Waals surface area contributed by atoms with Crippen LogP contribution in [0.2, 0.25) is 0 Å². The molecule has 34 heavy (non-hydrogen) atoms. The van der Waals surface area contributed by atoms with Crippen LogP contribution in [-0.2, 0) is 19.2 Å². The Morgan fingerprint density at radius 2 is 1.03 bits per heavy atom. The molecule has 0 radical (unpaired) electrons. The molecule has 6 unspecified atom stereocenters. The summed E-state index contributed by atoms with van der Waals surface area (Å²) in [4.78, 5) is 49.9. The number of carboxylic acid groups (broad SMARTS) is 2. The van der Waals surface area contributed by atoms with Crippen LogP contribution in [0.25, 0.3) is 0 Å². The third-order valence-electron chi connectivity index (χ3n) is 7.51. The lowest BCUT2D eigenvalue weighted by molar-refractivity contribution is -0.161. The van der Waals surface area contributed by atoms with Gasteiger partial charge in [0.1, 0.15) is 0 Å². The van der Waals surface area contributed by atoms with Gasteiger partial charge in [0, 0.05) is 13.1 Å². The first-order chi connectivity index (χ1) is 16.2. The van der Waals surface area contributed by atoms with Crippen LogP contribution in [0, 0.1) is 35.5 Å². The summed E-state index contributed by atoms with van der Waals surface area (Å²) in [6.07, 6.45) is 7.83. The van der Waals surface area contributed by atoms with Crippen molar-refractivity contribution in [2.45, 2.75) is 91.9 Å². The molecule has 0 aromatic rings. The predicted octanol–water partition coefficient (Wildman–Crippen LogP) is 4.08. The number of carboxylic acids is 2. The molecule has 0 aliphatic heterocycles. The van der Waals surface area contributed by atoms with E-state index in [0.717, 1.165) is 51.4 Å². The number of rotatable bonds is 16. The Hall–Kier alpha value is -2.12. The average Bonchev–Trinajstić information content (AvgIpc) is 2.82. The largest absolute Gasteiger partial charge is 0.481 e. The lowest BCUT2D eigenvalue weighted by atomic mass is 9.67. The zero-order chi connectivity index (χ0) is 25.7. The number of carbonyl (C=O) groups is 4. The molecule has 8 nitrogen and oxygen atoms in total. The van der Waals surface area contributed by atoms with Gasteiger partial charge >= 0.3 is 11.9 Å². The number of unbranched alkanes of at least 4 members (excludes halogenated alkanes) is 2. The van der Waals surface area contributed by atoms with Crippen LogP contribution >= 0.6 is 0 Å². The van der Waals surface area contributed by atoms with Gasteiger partial charge in [0.15, 0.2) is 0 Å². The Morgan fingerprint density at radius 3 is 1.29 bits per heavy atom. The van der Waals surface area contributed by atoms with Gasteiger partial charge in [-0.2, -0.15) is 0 Å². The number of nitrogens with one attached hydrogen (secondary N) is 2. The topological polar surface area (TPSA) is 133 Å². The van der Waals surface area contributed by atoms with Gasteiger partial charge < -0.3 is 20.8 Å². The van der Waals surface area contributed by atoms with Gasteiger partial charge in [-0.05, 0) is 37.5 Å². The Balaban J connectivity index is 2.99. The van der Waals surface area contributed by atoms with E-state index >= 15 is 0 Å². The molecule has 0 saturated heterocycles. The Morgan fingerprint density at radius 1 is 0.676 bits per heavy atom. The molecule has 196 valence electrons. The summed E-state index contributed by atoms with van der Waals surface area (Å²) in [5, 5.41) is 25.2. The third kappa shape index (κ3) is 9.26. The summed E-state index contributed by atoms with van der Waals surface area (Å²) in [7, 11) is 0. The van der Waals surface area contributed by atoms with Crippen molar-refractivity contribution in [2.24, 2.45) is 35.5 Å². The molecule has 0 aromatic heterocycles. The van der Waals surface area contributed by atoms with E-state index < -0.39 is 35.6 Å². The van der Waals surface area contributed by atoms with Crippen LogP contribution in [-0.4, -0.2) is 47.1 Å². The second kappa shape index (κ2) is 15.7. The second-order valence-electron chi connectivity index (χ2n) is 9.90. The first kappa shape index (κ1) is 29.9. The molecule has 2 amide bonds.